The number of anilines is 2. The van der Waals surface area contributed by atoms with Crippen LogP contribution < -0.4 is 15.5 Å². The maximum Gasteiger partial charge on any atom is 0.313 e. The monoisotopic (exact) mass is 351 g/mol. The maximum absolute atomic E-state index is 11.9. The lowest BCUT2D eigenvalue weighted by atomic mass is 10.2. The summed E-state index contributed by atoms with van der Waals surface area (Å²) in [6, 6.07) is 6.88. The average Bonchev–Trinajstić information content (AvgIpc) is 3.18. The Labute approximate surface area is 141 Å². The van der Waals surface area contributed by atoms with E-state index in [0.29, 0.717) is 12.1 Å². The summed E-state index contributed by atoms with van der Waals surface area (Å²) in [5.41, 5.74) is 1.64. The zero-order valence-electron chi connectivity index (χ0n) is 13.3. The van der Waals surface area contributed by atoms with Gasteiger partial charge in [-0.3, -0.25) is 9.59 Å². The number of hydrogen-bond donors (Lipinski definition) is 2. The fourth-order valence-electron chi connectivity index (χ4n) is 3.08. The van der Waals surface area contributed by atoms with Gasteiger partial charge in [-0.15, -0.1) is 0 Å². The molecular weight excluding hydrogens is 330 g/mol. The van der Waals surface area contributed by atoms with Crippen LogP contribution in [-0.2, 0) is 19.4 Å². The lowest BCUT2D eigenvalue weighted by Gasteiger charge is -2.17. The fourth-order valence-corrected chi connectivity index (χ4v) is 4.75. The highest BCUT2D eigenvalue weighted by Crippen LogP contribution is 2.22. The molecule has 2 saturated heterocycles. The van der Waals surface area contributed by atoms with Gasteiger partial charge in [0.25, 0.3) is 0 Å². The van der Waals surface area contributed by atoms with Crippen molar-refractivity contribution < 1.29 is 18.0 Å². The van der Waals surface area contributed by atoms with E-state index in [0.717, 1.165) is 18.8 Å². The zero-order valence-corrected chi connectivity index (χ0v) is 14.1. The molecule has 7 nitrogen and oxygen atoms in total. The van der Waals surface area contributed by atoms with E-state index in [4.69, 9.17) is 0 Å². The third-order valence-electron chi connectivity index (χ3n) is 4.37. The second-order valence-electron chi connectivity index (χ2n) is 6.27. The first-order chi connectivity index (χ1) is 11.4. The van der Waals surface area contributed by atoms with Crippen LogP contribution in [0.15, 0.2) is 24.3 Å². The van der Waals surface area contributed by atoms with Gasteiger partial charge in [0, 0.05) is 30.5 Å². The quantitative estimate of drug-likeness (QED) is 0.775. The maximum atomic E-state index is 11.9. The molecule has 1 aromatic rings. The molecule has 2 amide bonds. The number of rotatable bonds is 3. The Bertz CT molecular complexity index is 724. The summed E-state index contributed by atoms with van der Waals surface area (Å²) in [5, 5.41) is 5.01. The van der Waals surface area contributed by atoms with Gasteiger partial charge in [0.2, 0.25) is 0 Å². The highest BCUT2D eigenvalue weighted by atomic mass is 32.2. The predicted octanol–water partition coefficient (Wildman–Crippen LogP) is 0.529. The summed E-state index contributed by atoms with van der Waals surface area (Å²) in [4.78, 5) is 26.1. The Balaban J connectivity index is 1.53. The minimum Gasteiger partial charge on any atom is -0.372 e. The molecule has 0 spiro atoms. The summed E-state index contributed by atoms with van der Waals surface area (Å²) in [5.74, 6) is -1.64. The first kappa shape index (κ1) is 16.8. The largest absolute Gasteiger partial charge is 0.372 e. The van der Waals surface area contributed by atoms with Gasteiger partial charge in [0.1, 0.15) is 0 Å². The van der Waals surface area contributed by atoms with E-state index in [2.05, 4.69) is 15.5 Å². The standard InChI is InChI=1S/C16H21N3O4S/c20-15(16(21)18-13-7-10-24(22,23)11-13)17-12-3-5-14(6-4-12)19-8-1-2-9-19/h3-6,13H,1-2,7-11H2,(H,17,20)(H,18,21). The molecule has 0 saturated carbocycles. The van der Waals surface area contributed by atoms with E-state index in [1.807, 2.05) is 12.1 Å². The topological polar surface area (TPSA) is 95.6 Å². The molecule has 2 N–H and O–H groups in total. The zero-order chi connectivity index (χ0) is 17.2. The second-order valence-corrected chi connectivity index (χ2v) is 8.50. The van der Waals surface area contributed by atoms with Gasteiger partial charge in [-0.25, -0.2) is 8.42 Å². The second kappa shape index (κ2) is 6.80. The van der Waals surface area contributed by atoms with Gasteiger partial charge in [-0.1, -0.05) is 0 Å². The molecule has 2 aliphatic rings. The van der Waals surface area contributed by atoms with Crippen molar-refractivity contribution in [3.63, 3.8) is 0 Å². The van der Waals surface area contributed by atoms with Crippen LogP contribution in [0.2, 0.25) is 0 Å². The lowest BCUT2D eigenvalue weighted by molar-refractivity contribution is -0.136. The number of nitrogens with zero attached hydrogens (tertiary/aromatic N) is 1. The van der Waals surface area contributed by atoms with Gasteiger partial charge < -0.3 is 15.5 Å². The Kier molecular flexibility index (Phi) is 4.75. The van der Waals surface area contributed by atoms with Crippen molar-refractivity contribution in [1.29, 1.82) is 0 Å². The van der Waals surface area contributed by atoms with Crippen LogP contribution in [0.1, 0.15) is 19.3 Å². The Morgan fingerprint density at radius 2 is 1.71 bits per heavy atom. The molecule has 0 radical (unpaired) electrons. The number of sulfone groups is 1. The highest BCUT2D eigenvalue weighted by molar-refractivity contribution is 7.91. The molecule has 8 heteroatoms. The Hall–Kier alpha value is -2.09. The summed E-state index contributed by atoms with van der Waals surface area (Å²) in [6.45, 7) is 2.08. The third kappa shape index (κ3) is 4.05. The van der Waals surface area contributed by atoms with E-state index >= 15 is 0 Å². The van der Waals surface area contributed by atoms with Crippen molar-refractivity contribution in [1.82, 2.24) is 5.32 Å². The van der Waals surface area contributed by atoms with E-state index in [9.17, 15) is 18.0 Å². The van der Waals surface area contributed by atoms with E-state index in [1.165, 1.54) is 12.8 Å². The molecule has 1 atom stereocenters. The molecule has 1 unspecified atom stereocenters. The van der Waals surface area contributed by atoms with Crippen molar-refractivity contribution in [2.24, 2.45) is 0 Å². The Morgan fingerprint density at radius 3 is 2.29 bits per heavy atom. The number of nitrogens with one attached hydrogen (secondary N) is 2. The SMILES string of the molecule is O=C(Nc1ccc(N2CCCC2)cc1)C(=O)NC1CCS(=O)(=O)C1. The van der Waals surface area contributed by atoms with Crippen molar-refractivity contribution in [3.05, 3.63) is 24.3 Å². The normalized spacial score (nSPS) is 22.3. The molecule has 2 heterocycles. The number of carbonyl (C=O) groups excluding carboxylic acids is 2. The smallest absolute Gasteiger partial charge is 0.313 e. The van der Waals surface area contributed by atoms with Crippen LogP contribution in [0, 0.1) is 0 Å². The van der Waals surface area contributed by atoms with Crippen LogP contribution in [0.25, 0.3) is 0 Å². The van der Waals surface area contributed by atoms with Crippen LogP contribution in [-0.4, -0.2) is 50.9 Å². The van der Waals surface area contributed by atoms with Crippen molar-refractivity contribution in [3.8, 4) is 0 Å². The van der Waals surface area contributed by atoms with E-state index in [-0.39, 0.29) is 11.5 Å². The molecule has 2 aliphatic heterocycles. The van der Waals surface area contributed by atoms with E-state index in [1.54, 1.807) is 12.1 Å². The summed E-state index contributed by atoms with van der Waals surface area (Å²) in [6.07, 6.45) is 2.73. The minimum atomic E-state index is -3.09. The summed E-state index contributed by atoms with van der Waals surface area (Å²) < 4.78 is 22.7. The number of benzene rings is 1. The summed E-state index contributed by atoms with van der Waals surface area (Å²) >= 11 is 0. The van der Waals surface area contributed by atoms with Crippen molar-refractivity contribution >= 4 is 33.0 Å². The molecule has 0 aromatic heterocycles. The Morgan fingerprint density at radius 1 is 1.04 bits per heavy atom. The molecule has 0 bridgehead atoms. The van der Waals surface area contributed by atoms with Crippen molar-refractivity contribution in [2.75, 3.05) is 34.8 Å². The minimum absolute atomic E-state index is 0.0531. The molecule has 24 heavy (non-hydrogen) atoms. The van der Waals surface area contributed by atoms with Gasteiger partial charge in [0.05, 0.1) is 11.5 Å². The molecule has 0 aliphatic carbocycles. The fraction of sp³-hybridized carbons (Fsp3) is 0.500. The highest BCUT2D eigenvalue weighted by Gasteiger charge is 2.30. The lowest BCUT2D eigenvalue weighted by Crippen LogP contribution is -2.42. The van der Waals surface area contributed by atoms with Gasteiger partial charge in [-0.05, 0) is 43.5 Å². The number of hydrogen-bond acceptors (Lipinski definition) is 5. The van der Waals surface area contributed by atoms with Crippen LogP contribution in [0.4, 0.5) is 11.4 Å². The van der Waals surface area contributed by atoms with Crippen LogP contribution >= 0.6 is 0 Å². The van der Waals surface area contributed by atoms with Gasteiger partial charge in [0.15, 0.2) is 9.84 Å². The molecule has 2 fully saturated rings. The first-order valence-corrected chi connectivity index (χ1v) is 9.92. The van der Waals surface area contributed by atoms with E-state index < -0.39 is 27.7 Å². The average molecular weight is 351 g/mol. The molecule has 3 rings (SSSR count). The van der Waals surface area contributed by atoms with Crippen molar-refractivity contribution in [2.45, 2.75) is 25.3 Å². The first-order valence-electron chi connectivity index (χ1n) is 8.10. The summed E-state index contributed by atoms with van der Waals surface area (Å²) in [7, 11) is -3.09. The number of amides is 2. The van der Waals surface area contributed by atoms with Crippen LogP contribution in [0.3, 0.4) is 0 Å². The predicted molar refractivity (Wildman–Crippen MR) is 91.7 cm³/mol. The molecule has 130 valence electrons. The molecular formula is C16H21N3O4S. The van der Waals surface area contributed by atoms with Gasteiger partial charge in [-0.2, -0.15) is 0 Å². The third-order valence-corrected chi connectivity index (χ3v) is 6.14. The van der Waals surface area contributed by atoms with Gasteiger partial charge >= 0.3 is 11.8 Å². The number of carbonyl (C=O) groups is 2. The van der Waals surface area contributed by atoms with Crippen LogP contribution in [0.5, 0.6) is 0 Å². The molecule has 1 aromatic carbocycles.